The van der Waals surface area contributed by atoms with Crippen LogP contribution in [-0.2, 0) is 23.0 Å². The minimum atomic E-state index is -3.53. The number of thiophene rings is 1. The van der Waals surface area contributed by atoms with Crippen LogP contribution in [0.4, 0.5) is 0 Å². The number of rotatable bonds is 6. The minimum Gasteiger partial charge on any atom is -0.396 e. The van der Waals surface area contributed by atoms with Crippen LogP contribution in [0.1, 0.15) is 10.4 Å². The summed E-state index contributed by atoms with van der Waals surface area (Å²) in [6.45, 7) is 0.265. The molecule has 1 aromatic heterocycles. The van der Waals surface area contributed by atoms with Gasteiger partial charge in [0, 0.05) is 18.0 Å². The Kier molecular flexibility index (Phi) is 5.17. The molecule has 1 heterocycles. The molecule has 2 rings (SSSR count). The first-order chi connectivity index (χ1) is 9.51. The van der Waals surface area contributed by atoms with Crippen molar-refractivity contribution >= 4 is 33.0 Å². The molecule has 2 aromatic rings. The van der Waals surface area contributed by atoms with E-state index in [0.717, 1.165) is 10.4 Å². The monoisotopic (exact) mass is 331 g/mol. The molecule has 0 aliphatic rings. The summed E-state index contributed by atoms with van der Waals surface area (Å²) in [4.78, 5) is 1.07. The van der Waals surface area contributed by atoms with Crippen LogP contribution < -0.4 is 4.72 Å². The Morgan fingerprint density at radius 2 is 1.85 bits per heavy atom. The summed E-state index contributed by atoms with van der Waals surface area (Å²) >= 11 is 7.14. The number of sulfonamides is 1. The van der Waals surface area contributed by atoms with Crippen molar-refractivity contribution in [2.75, 3.05) is 6.61 Å². The minimum absolute atomic E-state index is 0.0451. The van der Waals surface area contributed by atoms with Crippen molar-refractivity contribution in [1.82, 2.24) is 4.72 Å². The van der Waals surface area contributed by atoms with Gasteiger partial charge in [0.2, 0.25) is 10.0 Å². The molecule has 0 aliphatic carbocycles. The number of aliphatic hydroxyl groups excluding tert-OH is 1. The van der Waals surface area contributed by atoms with Gasteiger partial charge in [-0.15, -0.1) is 11.3 Å². The number of nitrogens with one attached hydrogen (secondary N) is 1. The second-order valence-electron chi connectivity index (χ2n) is 4.15. The van der Waals surface area contributed by atoms with Gasteiger partial charge < -0.3 is 5.11 Å². The second-order valence-corrected chi connectivity index (χ2v) is 7.71. The average molecular weight is 332 g/mol. The van der Waals surface area contributed by atoms with Gasteiger partial charge in [0.15, 0.2) is 0 Å². The normalized spacial score (nSPS) is 11.7. The number of aliphatic hydroxyl groups is 1. The highest BCUT2D eigenvalue weighted by molar-refractivity contribution is 7.89. The molecule has 0 saturated heterocycles. The topological polar surface area (TPSA) is 66.4 Å². The molecule has 0 radical (unpaired) electrons. The highest BCUT2D eigenvalue weighted by atomic mass is 35.5. The molecule has 0 saturated carbocycles. The average Bonchev–Trinajstić information content (AvgIpc) is 2.84. The van der Waals surface area contributed by atoms with Crippen LogP contribution in [0.25, 0.3) is 0 Å². The SMILES string of the molecule is O=S(=O)(NCc1ccc(Cl)s1)c1ccc(CCO)cc1. The third-order valence-electron chi connectivity index (χ3n) is 2.70. The van der Waals surface area contributed by atoms with Gasteiger partial charge in [0.05, 0.1) is 9.23 Å². The van der Waals surface area contributed by atoms with E-state index < -0.39 is 10.0 Å². The van der Waals surface area contributed by atoms with Gasteiger partial charge in [-0.2, -0.15) is 0 Å². The molecule has 1 aromatic carbocycles. The zero-order valence-corrected chi connectivity index (χ0v) is 12.9. The molecule has 0 amide bonds. The summed E-state index contributed by atoms with van der Waals surface area (Å²) in [5.74, 6) is 0. The van der Waals surface area contributed by atoms with Crippen LogP contribution >= 0.6 is 22.9 Å². The number of halogens is 1. The van der Waals surface area contributed by atoms with E-state index in [1.54, 1.807) is 24.3 Å². The predicted molar refractivity (Wildman–Crippen MR) is 80.6 cm³/mol. The maximum atomic E-state index is 12.1. The number of hydrogen-bond donors (Lipinski definition) is 2. The van der Waals surface area contributed by atoms with E-state index in [9.17, 15) is 8.42 Å². The molecule has 0 bridgehead atoms. The van der Waals surface area contributed by atoms with Crippen LogP contribution in [0.5, 0.6) is 0 Å². The van der Waals surface area contributed by atoms with Gasteiger partial charge in [0.1, 0.15) is 0 Å². The summed E-state index contributed by atoms with van der Waals surface area (Å²) in [5.41, 5.74) is 0.900. The quantitative estimate of drug-likeness (QED) is 0.854. The van der Waals surface area contributed by atoms with E-state index in [2.05, 4.69) is 4.72 Å². The lowest BCUT2D eigenvalue weighted by molar-refractivity contribution is 0.299. The molecule has 2 N–H and O–H groups in total. The van der Waals surface area contributed by atoms with Gasteiger partial charge in [-0.25, -0.2) is 13.1 Å². The Morgan fingerprint density at radius 3 is 2.40 bits per heavy atom. The molecular weight excluding hydrogens is 318 g/mol. The van der Waals surface area contributed by atoms with E-state index in [-0.39, 0.29) is 18.0 Å². The van der Waals surface area contributed by atoms with E-state index in [4.69, 9.17) is 16.7 Å². The smallest absolute Gasteiger partial charge is 0.240 e. The first kappa shape index (κ1) is 15.5. The van der Waals surface area contributed by atoms with Crippen molar-refractivity contribution in [2.24, 2.45) is 0 Å². The van der Waals surface area contributed by atoms with Crippen LogP contribution in [0.3, 0.4) is 0 Å². The Morgan fingerprint density at radius 1 is 1.15 bits per heavy atom. The standard InChI is InChI=1S/C13H14ClNO3S2/c14-13-6-3-11(19-13)9-15-20(17,18)12-4-1-10(2-5-12)7-8-16/h1-6,15-16H,7-9H2. The fourth-order valence-electron chi connectivity index (χ4n) is 1.66. The Hall–Kier alpha value is -0.920. The summed E-state index contributed by atoms with van der Waals surface area (Å²) < 4.78 is 27.3. The van der Waals surface area contributed by atoms with Crippen molar-refractivity contribution < 1.29 is 13.5 Å². The molecule has 20 heavy (non-hydrogen) atoms. The predicted octanol–water partition coefficient (Wildman–Crippen LogP) is 2.41. The van der Waals surface area contributed by atoms with Gasteiger partial charge in [-0.3, -0.25) is 0 Å². The third-order valence-corrected chi connectivity index (χ3v) is 5.35. The Balaban J connectivity index is 2.05. The van der Waals surface area contributed by atoms with E-state index in [1.165, 1.54) is 23.5 Å². The van der Waals surface area contributed by atoms with Gasteiger partial charge in [0.25, 0.3) is 0 Å². The number of hydrogen-bond acceptors (Lipinski definition) is 4. The number of benzene rings is 1. The summed E-state index contributed by atoms with van der Waals surface area (Å²) in [6.07, 6.45) is 0.515. The Labute approximate surface area is 127 Å². The fourth-order valence-corrected chi connectivity index (χ4v) is 3.79. The maximum Gasteiger partial charge on any atom is 0.240 e. The van der Waals surface area contributed by atoms with Gasteiger partial charge in [-0.1, -0.05) is 23.7 Å². The molecule has 0 unspecified atom stereocenters. The van der Waals surface area contributed by atoms with Crippen LogP contribution in [-0.4, -0.2) is 20.1 Å². The van der Waals surface area contributed by atoms with Gasteiger partial charge in [-0.05, 0) is 36.2 Å². The van der Waals surface area contributed by atoms with Crippen molar-refractivity contribution in [2.45, 2.75) is 17.9 Å². The lowest BCUT2D eigenvalue weighted by atomic mass is 10.2. The molecule has 0 aliphatic heterocycles. The van der Waals surface area contributed by atoms with E-state index in [1.807, 2.05) is 0 Å². The van der Waals surface area contributed by atoms with Crippen molar-refractivity contribution in [3.8, 4) is 0 Å². The Bertz CT molecular complexity index is 665. The lowest BCUT2D eigenvalue weighted by Gasteiger charge is -2.06. The van der Waals surface area contributed by atoms with E-state index in [0.29, 0.717) is 10.8 Å². The van der Waals surface area contributed by atoms with Crippen LogP contribution in [0.15, 0.2) is 41.3 Å². The lowest BCUT2D eigenvalue weighted by Crippen LogP contribution is -2.22. The largest absolute Gasteiger partial charge is 0.396 e. The summed E-state index contributed by atoms with van der Waals surface area (Å²) in [6, 6.07) is 10.0. The molecule has 108 valence electrons. The summed E-state index contributed by atoms with van der Waals surface area (Å²) in [7, 11) is -3.53. The molecular formula is C13H14ClNO3S2. The highest BCUT2D eigenvalue weighted by Gasteiger charge is 2.13. The molecule has 4 nitrogen and oxygen atoms in total. The van der Waals surface area contributed by atoms with Crippen molar-refractivity contribution in [3.63, 3.8) is 0 Å². The van der Waals surface area contributed by atoms with Crippen molar-refractivity contribution in [1.29, 1.82) is 0 Å². The zero-order valence-electron chi connectivity index (χ0n) is 10.5. The highest BCUT2D eigenvalue weighted by Crippen LogP contribution is 2.21. The molecule has 0 fully saturated rings. The molecule has 0 atom stereocenters. The van der Waals surface area contributed by atoms with E-state index >= 15 is 0 Å². The summed E-state index contributed by atoms with van der Waals surface area (Å²) in [5, 5.41) is 8.82. The van der Waals surface area contributed by atoms with Gasteiger partial charge >= 0.3 is 0 Å². The first-order valence-corrected chi connectivity index (χ1v) is 8.63. The maximum absolute atomic E-state index is 12.1. The van der Waals surface area contributed by atoms with Crippen LogP contribution in [0, 0.1) is 0 Å². The fraction of sp³-hybridized carbons (Fsp3) is 0.231. The molecule has 7 heteroatoms. The third kappa shape index (κ3) is 4.04. The zero-order chi connectivity index (χ0) is 14.6. The van der Waals surface area contributed by atoms with Crippen LogP contribution in [0.2, 0.25) is 4.34 Å². The van der Waals surface area contributed by atoms with Crippen molar-refractivity contribution in [3.05, 3.63) is 51.2 Å². The molecule has 0 spiro atoms. The first-order valence-electron chi connectivity index (χ1n) is 5.95. The second kappa shape index (κ2) is 6.69.